The van der Waals surface area contributed by atoms with Gasteiger partial charge in [0.1, 0.15) is 0 Å². The molecule has 0 aromatic heterocycles. The van der Waals surface area contributed by atoms with Crippen molar-refractivity contribution in [3.8, 4) is 11.1 Å². The van der Waals surface area contributed by atoms with E-state index in [4.69, 9.17) is 0 Å². The van der Waals surface area contributed by atoms with Crippen LogP contribution in [0.1, 0.15) is 11.1 Å². The maximum Gasteiger partial charge on any atom is 0.460 e. The molecule has 0 bridgehead atoms. The molecule has 0 spiro atoms. The molecule has 0 fully saturated rings. The van der Waals surface area contributed by atoms with Gasteiger partial charge in [0.05, 0.1) is 0 Å². The summed E-state index contributed by atoms with van der Waals surface area (Å²) >= 11 is 0. The summed E-state index contributed by atoms with van der Waals surface area (Å²) in [4.78, 5) is 0. The van der Waals surface area contributed by atoms with Crippen LogP contribution in [0.2, 0.25) is 0 Å². The van der Waals surface area contributed by atoms with Gasteiger partial charge in [0.2, 0.25) is 0 Å². The minimum absolute atomic E-state index is 0.0553. The molecule has 0 N–H and O–H groups in total. The summed E-state index contributed by atoms with van der Waals surface area (Å²) in [5, 5.41) is -8.72. The van der Waals surface area contributed by atoms with E-state index in [1.165, 1.54) is 121 Å². The maximum absolute atomic E-state index is 17.1. The fraction of sp³-hybridized carbons (Fsp3) is 0.312. The second kappa shape index (κ2) is 26.4. The molecule has 0 saturated carbocycles. The highest BCUT2D eigenvalue weighted by atomic mass is 31.1. The van der Waals surface area contributed by atoms with Crippen LogP contribution in [0, 0.1) is 0 Å². The van der Waals surface area contributed by atoms with Gasteiger partial charge in [-0.15, -0.1) is 0 Å². The number of halogens is 42. The summed E-state index contributed by atoms with van der Waals surface area (Å²) in [5.74, 6) is -164. The Morgan fingerprint density at radius 3 is 0.537 bits per heavy atom. The Bertz CT molecular complexity index is 4220. The fourth-order valence-corrected chi connectivity index (χ4v) is 15.7. The summed E-state index contributed by atoms with van der Waals surface area (Å²) in [5.41, 5.74) is -8.60. The van der Waals surface area contributed by atoms with Crippen LogP contribution in [0.4, 0.5) is 184 Å². The molecule has 108 heavy (non-hydrogen) atoms. The highest BCUT2D eigenvalue weighted by Gasteiger charge is 3.00. The minimum Gasteiger partial charge on any atom is -0.194 e. The third-order valence-corrected chi connectivity index (χ3v) is 21.5. The molecule has 0 atom stereocenters. The highest BCUT2D eigenvalue weighted by Crippen LogP contribution is 2.70. The molecule has 590 valence electrons. The van der Waals surface area contributed by atoms with Crippen molar-refractivity contribution in [2.45, 2.75) is 119 Å². The molecule has 8 aromatic carbocycles. The van der Waals surface area contributed by atoms with Gasteiger partial charge in [-0.2, -0.15) is 184 Å². The lowest BCUT2D eigenvalue weighted by Crippen LogP contribution is -2.76. The topological polar surface area (TPSA) is 0 Å². The first-order valence-corrected chi connectivity index (χ1v) is 31.2. The second-order valence-electron chi connectivity index (χ2n) is 23.1. The summed E-state index contributed by atoms with van der Waals surface area (Å²) in [7, 11) is -5.69. The van der Waals surface area contributed by atoms with Gasteiger partial charge < -0.3 is 0 Å². The summed E-state index contributed by atoms with van der Waals surface area (Å²) < 4.78 is 626. The number of fused-ring (bicyclic) bond motifs is 2. The number of benzene rings is 8. The van der Waals surface area contributed by atoms with E-state index < -0.39 is 201 Å². The first-order valence-electron chi connectivity index (χ1n) is 28.5. The first kappa shape index (κ1) is 85.8. The molecule has 0 unspecified atom stereocenters. The van der Waals surface area contributed by atoms with Gasteiger partial charge in [0, 0.05) is 11.1 Å². The Balaban J connectivity index is 1.50. The average molecular weight is 1660 g/mol. The van der Waals surface area contributed by atoms with Crippen LogP contribution < -0.4 is 31.8 Å². The van der Waals surface area contributed by atoms with E-state index in [0.29, 0.717) is 24.3 Å². The van der Waals surface area contributed by atoms with E-state index in [1.807, 2.05) is 0 Å². The molecule has 0 aliphatic heterocycles. The van der Waals surface area contributed by atoms with E-state index in [2.05, 4.69) is 0 Å². The van der Waals surface area contributed by atoms with Crippen molar-refractivity contribution in [3.05, 3.63) is 193 Å². The smallest absolute Gasteiger partial charge is 0.194 e. The summed E-state index contributed by atoms with van der Waals surface area (Å²) in [6.07, 6.45) is -16.6. The van der Waals surface area contributed by atoms with Crippen molar-refractivity contribution in [1.29, 1.82) is 0 Å². The lowest BCUT2D eigenvalue weighted by Gasteiger charge is -2.44. The van der Waals surface area contributed by atoms with Crippen LogP contribution >= 0.6 is 15.8 Å². The van der Waals surface area contributed by atoms with Crippen molar-refractivity contribution in [2.75, 3.05) is 0 Å². The summed E-state index contributed by atoms with van der Waals surface area (Å²) in [6.45, 7) is 0. The molecule has 8 aromatic rings. The van der Waals surface area contributed by atoms with Crippen molar-refractivity contribution < 1.29 is 184 Å². The van der Waals surface area contributed by atoms with Crippen molar-refractivity contribution in [3.63, 3.8) is 0 Å². The van der Waals surface area contributed by atoms with Gasteiger partial charge in [-0.3, -0.25) is 0 Å². The van der Waals surface area contributed by atoms with Crippen LogP contribution in [0.5, 0.6) is 0 Å². The number of hydrogen-bond donors (Lipinski definition) is 0. The molecular weight excluding hydrogens is 1630 g/mol. The highest BCUT2D eigenvalue weighted by molar-refractivity contribution is 7.80. The standard InChI is InChI=1S/C64H30F42P2/c65-45(66,47(69,70)49(73,74)51(77,78)53(81,82)55(85,86)57(89,90)59(93,94)61(97,98)63(101,102)103)39-25-13-23-37-35(39)27-29-41(107(31-15-5-1-6-16-31)32-17-7-2-8-18-32)43(37)44-38-24-14-26-40(36(38)28-30-42(44)108(33-19-9-3-10-20-33)34-21-11-4-12-22-34)46(67,68)48(71,72)50(75,76)52(79,80)54(83,84)56(87,88)58(91,92)60(95,96)62(99,100)64(104,105)106/h1-30H. The molecule has 0 aliphatic carbocycles. The maximum atomic E-state index is 17.1. The van der Waals surface area contributed by atoms with E-state index in [1.54, 1.807) is 0 Å². The zero-order valence-corrected chi connectivity index (χ0v) is 52.9. The largest absolute Gasteiger partial charge is 0.460 e. The number of rotatable bonds is 25. The normalized spacial score (nSPS) is 15.1. The lowest BCUT2D eigenvalue weighted by molar-refractivity contribution is -0.474. The number of hydrogen-bond acceptors (Lipinski definition) is 0. The molecule has 0 saturated heterocycles. The van der Waals surface area contributed by atoms with E-state index >= 15 is 87.8 Å². The quantitative estimate of drug-likeness (QED) is 0.0395. The Labute approximate surface area is 575 Å². The SMILES string of the molecule is FC(F)(F)C(F)(F)C(F)(F)C(F)(F)C(F)(F)C(F)(F)C(F)(F)C(F)(F)C(F)(F)C(F)(F)c1cccc2c(-c3c(P(c4ccccc4)c4ccccc4)ccc4c(C(F)(F)C(F)(F)C(F)(F)C(F)(F)C(F)(F)C(F)(F)C(F)(F)C(F)(F)C(F)(F)C(F)(F)F)cccc34)c(P(c3ccccc3)c3ccccc3)ccc12. The monoisotopic (exact) mass is 1660 g/mol. The molecule has 44 heteroatoms. The zero-order valence-electron chi connectivity index (χ0n) is 51.1. The molecular formula is C64H30F42P2. The fourth-order valence-electron chi connectivity index (χ4n) is 10.8. The first-order chi connectivity index (χ1) is 48.6. The van der Waals surface area contributed by atoms with Crippen LogP contribution in [-0.2, 0) is 11.8 Å². The van der Waals surface area contributed by atoms with Gasteiger partial charge in [-0.25, -0.2) is 0 Å². The van der Waals surface area contributed by atoms with Gasteiger partial charge in [-0.05, 0) is 80.3 Å². The van der Waals surface area contributed by atoms with E-state index in [-0.39, 0.29) is 45.5 Å². The van der Waals surface area contributed by atoms with E-state index in [0.717, 1.165) is 0 Å². The average Bonchev–Trinajstić information content (AvgIpc) is 0.694. The second-order valence-corrected chi connectivity index (χ2v) is 27.4. The molecule has 0 nitrogen and oxygen atoms in total. The van der Waals surface area contributed by atoms with Crippen LogP contribution in [0.25, 0.3) is 32.7 Å². The summed E-state index contributed by atoms with van der Waals surface area (Å²) in [6, 6.07) is 24.2. The van der Waals surface area contributed by atoms with Crippen LogP contribution in [0.15, 0.2) is 182 Å². The Morgan fingerprint density at radius 2 is 0.343 bits per heavy atom. The zero-order chi connectivity index (χ0) is 82.5. The number of alkyl halides is 42. The van der Waals surface area contributed by atoms with Gasteiger partial charge in [0.15, 0.2) is 0 Å². The minimum atomic E-state index is -9.66. The predicted molar refractivity (Wildman–Crippen MR) is 303 cm³/mol. The molecule has 0 radical (unpaired) electrons. The molecule has 0 heterocycles. The van der Waals surface area contributed by atoms with Gasteiger partial charge >= 0.3 is 119 Å². The molecule has 0 amide bonds. The third kappa shape index (κ3) is 11.8. The van der Waals surface area contributed by atoms with Gasteiger partial charge in [-0.1, -0.05) is 182 Å². The lowest BCUT2D eigenvalue weighted by atomic mass is 9.83. The molecule has 0 aliphatic rings. The van der Waals surface area contributed by atoms with Crippen LogP contribution in [0.3, 0.4) is 0 Å². The third-order valence-electron chi connectivity index (χ3n) is 16.6. The van der Waals surface area contributed by atoms with Crippen molar-refractivity contribution in [2.24, 2.45) is 0 Å². The van der Waals surface area contributed by atoms with Gasteiger partial charge in [0.25, 0.3) is 0 Å². The molecule has 8 rings (SSSR count). The predicted octanol–water partition coefficient (Wildman–Crippen LogP) is 22.6. The Hall–Kier alpha value is -7.80. The van der Waals surface area contributed by atoms with Crippen molar-refractivity contribution >= 4 is 69.2 Å². The Kier molecular flexibility index (Phi) is 21.0. The Morgan fingerprint density at radius 1 is 0.157 bits per heavy atom. The van der Waals surface area contributed by atoms with E-state index in [9.17, 15) is 96.6 Å². The van der Waals surface area contributed by atoms with Crippen LogP contribution in [-0.4, -0.2) is 107 Å². The van der Waals surface area contributed by atoms with Crippen molar-refractivity contribution in [1.82, 2.24) is 0 Å².